The zero-order valence-corrected chi connectivity index (χ0v) is 32.7. The third-order valence-corrected chi connectivity index (χ3v) is 8.91. The van der Waals surface area contributed by atoms with E-state index in [9.17, 15) is 19.0 Å². The third kappa shape index (κ3) is 35.8. The summed E-state index contributed by atoms with van der Waals surface area (Å²) in [5.41, 5.74) is 0. The fraction of sp³-hybridized carbons (Fsp3) is 0.750. The first-order chi connectivity index (χ1) is 24.3. The van der Waals surface area contributed by atoms with Gasteiger partial charge in [-0.1, -0.05) is 127 Å². The Bertz CT molecular complexity index is 965. The van der Waals surface area contributed by atoms with E-state index in [2.05, 4.69) is 61.7 Å². The first-order valence-corrected chi connectivity index (χ1v) is 21.1. The molecule has 290 valence electrons. The van der Waals surface area contributed by atoms with Gasteiger partial charge in [0.1, 0.15) is 6.61 Å². The number of rotatable bonds is 36. The molecule has 10 heteroatoms. The quantitative estimate of drug-likeness (QED) is 0.0281. The van der Waals surface area contributed by atoms with Gasteiger partial charge in [0.25, 0.3) is 0 Å². The molecular weight excluding hydrogens is 653 g/mol. The van der Waals surface area contributed by atoms with E-state index in [1.54, 1.807) is 7.05 Å². The SMILES string of the molecule is CCCC/C=C\CCCCCCCC(=O)OCC(COP(=O)(O)OCCNC)OC(=O)CCC/C=C\C/C=C\C/C=C\CCCCCCCC. The van der Waals surface area contributed by atoms with Crippen LogP contribution in [0.15, 0.2) is 48.6 Å². The predicted octanol–water partition coefficient (Wildman–Crippen LogP) is 10.6. The van der Waals surface area contributed by atoms with E-state index in [-0.39, 0.29) is 26.1 Å². The number of likely N-dealkylation sites (N-methyl/N-ethyl adjacent to an activating group) is 1. The molecule has 0 aromatic rings. The zero-order valence-electron chi connectivity index (χ0n) is 31.8. The molecule has 2 N–H and O–H groups in total. The van der Waals surface area contributed by atoms with Crippen LogP contribution in [0.1, 0.15) is 155 Å². The van der Waals surface area contributed by atoms with Gasteiger partial charge in [0.15, 0.2) is 6.10 Å². The second-order valence-corrected chi connectivity index (χ2v) is 14.2. The number of allylic oxidation sites excluding steroid dienone is 8. The molecule has 0 aliphatic rings. The highest BCUT2D eigenvalue weighted by molar-refractivity contribution is 7.47. The second kappa shape index (κ2) is 36.8. The van der Waals surface area contributed by atoms with Crippen LogP contribution in [0, 0.1) is 0 Å². The molecule has 2 atom stereocenters. The fourth-order valence-electron chi connectivity index (χ4n) is 4.90. The number of ether oxygens (including phenoxy) is 2. The summed E-state index contributed by atoms with van der Waals surface area (Å²) in [6, 6.07) is 0. The van der Waals surface area contributed by atoms with Crippen molar-refractivity contribution in [3.63, 3.8) is 0 Å². The highest BCUT2D eigenvalue weighted by atomic mass is 31.2. The van der Waals surface area contributed by atoms with Gasteiger partial charge >= 0.3 is 19.8 Å². The Morgan fingerprint density at radius 2 is 1.12 bits per heavy atom. The Balaban J connectivity index is 4.39. The molecule has 9 nitrogen and oxygen atoms in total. The van der Waals surface area contributed by atoms with Crippen LogP contribution in [-0.2, 0) is 32.7 Å². The minimum atomic E-state index is -4.36. The molecule has 0 radical (unpaired) electrons. The number of phosphoric acid groups is 1. The second-order valence-electron chi connectivity index (χ2n) is 12.8. The van der Waals surface area contributed by atoms with Gasteiger partial charge in [-0.3, -0.25) is 18.6 Å². The molecule has 0 aliphatic heterocycles. The molecule has 0 heterocycles. The van der Waals surface area contributed by atoms with Gasteiger partial charge in [-0.25, -0.2) is 4.57 Å². The maximum absolute atomic E-state index is 12.5. The maximum atomic E-state index is 12.5. The van der Waals surface area contributed by atoms with Gasteiger partial charge in [0, 0.05) is 19.4 Å². The number of unbranched alkanes of at least 4 members (excludes halogenated alkanes) is 14. The van der Waals surface area contributed by atoms with Gasteiger partial charge in [0.05, 0.1) is 13.2 Å². The monoisotopic (exact) mass is 725 g/mol. The predicted molar refractivity (Wildman–Crippen MR) is 206 cm³/mol. The van der Waals surface area contributed by atoms with Crippen molar-refractivity contribution < 1.29 is 37.6 Å². The number of esters is 2. The lowest BCUT2D eigenvalue weighted by Crippen LogP contribution is -2.29. The van der Waals surface area contributed by atoms with Crippen LogP contribution >= 0.6 is 7.82 Å². The molecule has 0 fully saturated rings. The highest BCUT2D eigenvalue weighted by Gasteiger charge is 2.26. The first kappa shape index (κ1) is 48.0. The minimum absolute atomic E-state index is 0.0287. The molecule has 2 unspecified atom stereocenters. The van der Waals surface area contributed by atoms with Gasteiger partial charge in [-0.15, -0.1) is 0 Å². The summed E-state index contributed by atoms with van der Waals surface area (Å²) in [4.78, 5) is 34.8. The molecule has 0 saturated heterocycles. The Morgan fingerprint density at radius 1 is 0.620 bits per heavy atom. The third-order valence-electron chi connectivity index (χ3n) is 7.92. The summed E-state index contributed by atoms with van der Waals surface area (Å²) in [6.07, 6.45) is 38.8. The van der Waals surface area contributed by atoms with Crippen molar-refractivity contribution in [2.24, 2.45) is 0 Å². The number of nitrogens with one attached hydrogen (secondary N) is 1. The molecule has 0 aliphatic carbocycles. The number of hydrogen-bond donors (Lipinski definition) is 2. The van der Waals surface area contributed by atoms with E-state index < -0.39 is 32.5 Å². The van der Waals surface area contributed by atoms with Crippen LogP contribution in [0.4, 0.5) is 0 Å². The van der Waals surface area contributed by atoms with Crippen LogP contribution < -0.4 is 5.32 Å². The fourth-order valence-corrected chi connectivity index (χ4v) is 5.65. The normalized spacial score (nSPS) is 13.9. The highest BCUT2D eigenvalue weighted by Crippen LogP contribution is 2.43. The number of carbonyl (C=O) groups excluding carboxylic acids is 2. The van der Waals surface area contributed by atoms with E-state index in [4.69, 9.17) is 18.5 Å². The number of hydrogen-bond acceptors (Lipinski definition) is 8. The summed E-state index contributed by atoms with van der Waals surface area (Å²) in [5.74, 6) is -0.884. The van der Waals surface area contributed by atoms with Gasteiger partial charge in [0.2, 0.25) is 0 Å². The van der Waals surface area contributed by atoms with E-state index in [1.807, 2.05) is 6.08 Å². The smallest absolute Gasteiger partial charge is 0.462 e. The topological polar surface area (TPSA) is 120 Å². The summed E-state index contributed by atoms with van der Waals surface area (Å²) in [7, 11) is -2.67. The van der Waals surface area contributed by atoms with Crippen molar-refractivity contribution in [3.05, 3.63) is 48.6 Å². The molecule has 50 heavy (non-hydrogen) atoms. The van der Waals surface area contributed by atoms with E-state index in [0.717, 1.165) is 70.6 Å². The summed E-state index contributed by atoms with van der Waals surface area (Å²) < 4.78 is 33.0. The minimum Gasteiger partial charge on any atom is -0.462 e. The molecule has 0 aromatic heterocycles. The van der Waals surface area contributed by atoms with Gasteiger partial charge in [-0.05, 0) is 71.3 Å². The van der Waals surface area contributed by atoms with Gasteiger partial charge < -0.3 is 19.7 Å². The van der Waals surface area contributed by atoms with Crippen LogP contribution in [0.2, 0.25) is 0 Å². The molecule has 0 amide bonds. The summed E-state index contributed by atoms with van der Waals surface area (Å²) in [6.45, 7) is 4.09. The molecular formula is C40H72NO8P. The average Bonchev–Trinajstić information content (AvgIpc) is 3.09. The molecule has 0 spiro atoms. The van der Waals surface area contributed by atoms with E-state index >= 15 is 0 Å². The van der Waals surface area contributed by atoms with Crippen LogP contribution in [-0.4, -0.2) is 56.3 Å². The zero-order chi connectivity index (χ0) is 36.8. The Labute approximate surface area is 305 Å². The summed E-state index contributed by atoms with van der Waals surface area (Å²) in [5, 5.41) is 2.81. The van der Waals surface area contributed by atoms with Crippen molar-refractivity contribution in [3.8, 4) is 0 Å². The Morgan fingerprint density at radius 3 is 1.74 bits per heavy atom. The number of carbonyl (C=O) groups is 2. The van der Waals surface area contributed by atoms with Crippen molar-refractivity contribution >= 4 is 19.8 Å². The molecule has 0 aromatic carbocycles. The van der Waals surface area contributed by atoms with E-state index in [1.165, 1.54) is 51.4 Å². The first-order valence-electron chi connectivity index (χ1n) is 19.6. The lowest BCUT2D eigenvalue weighted by molar-refractivity contribution is -0.161. The van der Waals surface area contributed by atoms with Crippen LogP contribution in [0.5, 0.6) is 0 Å². The Kier molecular flexibility index (Phi) is 35.3. The van der Waals surface area contributed by atoms with Crippen molar-refractivity contribution in [2.45, 2.75) is 161 Å². The molecule has 0 saturated carbocycles. The van der Waals surface area contributed by atoms with Crippen molar-refractivity contribution in [1.82, 2.24) is 5.32 Å². The summed E-state index contributed by atoms with van der Waals surface area (Å²) >= 11 is 0. The molecule has 0 rings (SSSR count). The standard InChI is InChI=1S/C40H72NO8P/c1-4-6-8-10-12-14-16-17-18-19-20-21-23-25-27-29-31-33-40(43)49-38(37-48-50(44,45)47-35-34-41-3)36-46-39(42)32-30-28-26-24-22-15-13-11-9-7-5-2/h11,13,17-18,20-21,25,27,38,41H,4-10,12,14-16,19,22-24,26,28-37H2,1-3H3,(H,44,45)/b13-11-,18-17-,21-20-,27-25-. The Hall–Kier alpha value is -2.03. The van der Waals surface area contributed by atoms with Gasteiger partial charge in [-0.2, -0.15) is 0 Å². The van der Waals surface area contributed by atoms with Crippen LogP contribution in [0.25, 0.3) is 0 Å². The lowest BCUT2D eigenvalue weighted by atomic mass is 10.1. The van der Waals surface area contributed by atoms with Crippen LogP contribution in [0.3, 0.4) is 0 Å². The van der Waals surface area contributed by atoms with Crippen molar-refractivity contribution in [2.75, 3.05) is 33.4 Å². The average molecular weight is 726 g/mol. The molecule has 0 bridgehead atoms. The van der Waals surface area contributed by atoms with Crippen molar-refractivity contribution in [1.29, 1.82) is 0 Å². The largest absolute Gasteiger partial charge is 0.472 e. The lowest BCUT2D eigenvalue weighted by Gasteiger charge is -2.20. The van der Waals surface area contributed by atoms with E-state index in [0.29, 0.717) is 13.0 Å². The maximum Gasteiger partial charge on any atom is 0.472 e. The number of phosphoric ester groups is 1.